The number of aromatic hydroxyl groups is 1. The van der Waals surface area contributed by atoms with Crippen molar-refractivity contribution in [3.8, 4) is 17.2 Å². The molecule has 0 aliphatic carbocycles. The van der Waals surface area contributed by atoms with Gasteiger partial charge in [0.05, 0.1) is 19.9 Å². The molecule has 2 N–H and O–H groups in total. The molecule has 1 aliphatic heterocycles. The molecule has 3 rings (SSSR count). The minimum atomic E-state index is -4.12. The van der Waals surface area contributed by atoms with E-state index in [1.165, 1.54) is 39.5 Å². The molecule has 0 radical (unpaired) electrons. The first kappa shape index (κ1) is 20.2. The van der Waals surface area contributed by atoms with Gasteiger partial charge in [-0.2, -0.15) is 8.42 Å². The van der Waals surface area contributed by atoms with Gasteiger partial charge in [-0.15, -0.1) is 4.40 Å². The van der Waals surface area contributed by atoms with Crippen LogP contribution in [0.3, 0.4) is 0 Å². The number of hydrogen-bond donors (Lipinski definition) is 2. The summed E-state index contributed by atoms with van der Waals surface area (Å²) in [6.07, 6.45) is 1.36. The number of methoxy groups -OCH3 is 2. The number of carbonyl (C=O) groups excluding carboxylic acids is 1. The van der Waals surface area contributed by atoms with E-state index in [2.05, 4.69) is 9.71 Å². The van der Waals surface area contributed by atoms with Gasteiger partial charge in [0.2, 0.25) is 0 Å². The smallest absolute Gasteiger partial charge is 0.345 e. The van der Waals surface area contributed by atoms with Gasteiger partial charge >= 0.3 is 10.2 Å². The first-order valence-corrected chi connectivity index (χ1v) is 9.78. The third-order valence-corrected chi connectivity index (χ3v) is 5.50. The zero-order chi connectivity index (χ0) is 21.2. The number of ether oxygens (including phenoxy) is 2. The molecule has 1 aliphatic rings. The van der Waals surface area contributed by atoms with Crippen LogP contribution in [0, 0.1) is 0 Å². The quantitative estimate of drug-likeness (QED) is 0.767. The molecule has 1 amide bonds. The van der Waals surface area contributed by atoms with Crippen LogP contribution in [0.5, 0.6) is 17.2 Å². The van der Waals surface area contributed by atoms with Crippen molar-refractivity contribution in [2.75, 3.05) is 26.6 Å². The zero-order valence-corrected chi connectivity index (χ0v) is 16.7. The van der Waals surface area contributed by atoms with E-state index < -0.39 is 16.1 Å². The molecule has 0 bridgehead atoms. The van der Waals surface area contributed by atoms with E-state index in [0.29, 0.717) is 22.7 Å². The molecule has 0 saturated heterocycles. The number of phenols is 1. The third-order valence-electron chi connectivity index (χ3n) is 4.19. The van der Waals surface area contributed by atoms with Gasteiger partial charge in [-0.25, -0.2) is 4.31 Å². The summed E-state index contributed by atoms with van der Waals surface area (Å²) in [6.45, 7) is 0. The number of likely N-dealkylation sites (N-methyl/N-ethyl adjacent to an activating group) is 1. The van der Waals surface area contributed by atoms with Gasteiger partial charge in [-0.05, 0) is 36.4 Å². The molecule has 0 spiro atoms. The lowest BCUT2D eigenvalue weighted by molar-refractivity contribution is -0.113. The molecular formula is C19H19N3O6S. The molecule has 0 atom stereocenters. The Labute approximate surface area is 168 Å². The van der Waals surface area contributed by atoms with E-state index in [1.54, 1.807) is 30.3 Å². The second kappa shape index (κ2) is 7.84. The molecule has 0 saturated carbocycles. The fourth-order valence-electron chi connectivity index (χ4n) is 2.68. The van der Waals surface area contributed by atoms with Crippen molar-refractivity contribution in [2.45, 2.75) is 0 Å². The molecule has 2 aromatic rings. The van der Waals surface area contributed by atoms with Gasteiger partial charge in [-0.3, -0.25) is 4.79 Å². The summed E-state index contributed by atoms with van der Waals surface area (Å²) in [7, 11) is 0.0584. The highest BCUT2D eigenvalue weighted by Gasteiger charge is 2.30. The van der Waals surface area contributed by atoms with Crippen molar-refractivity contribution in [3.05, 3.63) is 59.8 Å². The van der Waals surface area contributed by atoms with Crippen molar-refractivity contribution in [2.24, 2.45) is 4.40 Å². The highest BCUT2D eigenvalue weighted by Crippen LogP contribution is 2.29. The average Bonchev–Trinajstić information content (AvgIpc) is 2.69. The summed E-state index contributed by atoms with van der Waals surface area (Å²) in [5.74, 6) is 0.158. The number of anilines is 1. The Bertz CT molecular complexity index is 1120. The Morgan fingerprint density at radius 1 is 1.10 bits per heavy atom. The molecule has 0 fully saturated rings. The summed E-state index contributed by atoms with van der Waals surface area (Å²) in [5.41, 5.74) is 0.692. The zero-order valence-electron chi connectivity index (χ0n) is 15.9. The van der Waals surface area contributed by atoms with Crippen LogP contribution in [-0.4, -0.2) is 50.7 Å². The van der Waals surface area contributed by atoms with Gasteiger partial charge in [0.25, 0.3) is 5.91 Å². The van der Waals surface area contributed by atoms with Crippen LogP contribution in [0.15, 0.2) is 58.6 Å². The lowest BCUT2D eigenvalue weighted by Gasteiger charge is -2.23. The van der Waals surface area contributed by atoms with Crippen LogP contribution in [0.25, 0.3) is 0 Å². The number of phenolic OH excluding ortho intramolecular Hbond substituents is 1. The van der Waals surface area contributed by atoms with E-state index in [4.69, 9.17) is 9.47 Å². The second-order valence-corrected chi connectivity index (χ2v) is 7.65. The van der Waals surface area contributed by atoms with Crippen LogP contribution < -0.4 is 14.8 Å². The lowest BCUT2D eigenvalue weighted by atomic mass is 10.1. The summed E-state index contributed by atoms with van der Waals surface area (Å²) in [5, 5.41) is 12.1. The summed E-state index contributed by atoms with van der Waals surface area (Å²) in [6, 6.07) is 10.7. The standard InChI is InChI=1S/C19H19N3O6S/c1-22-16(19(24)20-13-5-4-6-14(23)10-13)11-15(21-29(22,25)26)12-7-8-17(27-2)18(9-12)28-3/h4-11,23H,1-3H3,(H,20,24). The van der Waals surface area contributed by atoms with Crippen molar-refractivity contribution in [1.29, 1.82) is 0 Å². The molecule has 0 aromatic heterocycles. The normalized spacial score (nSPS) is 15.2. The molecule has 29 heavy (non-hydrogen) atoms. The van der Waals surface area contributed by atoms with Crippen molar-refractivity contribution < 1.29 is 27.8 Å². The van der Waals surface area contributed by atoms with E-state index in [0.717, 1.165) is 4.31 Å². The SMILES string of the molecule is COc1ccc(C2=NS(=O)(=O)N(C)C(C(=O)Nc3cccc(O)c3)=C2)cc1OC. The van der Waals surface area contributed by atoms with E-state index in [-0.39, 0.29) is 17.2 Å². The van der Waals surface area contributed by atoms with E-state index in [1.807, 2.05) is 0 Å². The molecular weight excluding hydrogens is 398 g/mol. The number of nitrogens with one attached hydrogen (secondary N) is 1. The first-order valence-electron chi connectivity index (χ1n) is 8.38. The molecule has 2 aromatic carbocycles. The highest BCUT2D eigenvalue weighted by molar-refractivity contribution is 7.88. The topological polar surface area (TPSA) is 118 Å². The van der Waals surface area contributed by atoms with Crippen LogP contribution in [0.1, 0.15) is 5.56 Å². The van der Waals surface area contributed by atoms with E-state index in [9.17, 15) is 18.3 Å². The first-order chi connectivity index (χ1) is 13.7. The van der Waals surface area contributed by atoms with Gasteiger partial charge in [0.1, 0.15) is 11.4 Å². The van der Waals surface area contributed by atoms with Gasteiger partial charge in [-0.1, -0.05) is 6.07 Å². The highest BCUT2D eigenvalue weighted by atomic mass is 32.2. The van der Waals surface area contributed by atoms with Gasteiger partial charge in [0, 0.05) is 24.4 Å². The Morgan fingerprint density at radius 3 is 2.48 bits per heavy atom. The Kier molecular flexibility index (Phi) is 5.46. The van der Waals surface area contributed by atoms with Crippen molar-refractivity contribution in [3.63, 3.8) is 0 Å². The molecule has 0 unspecified atom stereocenters. The summed E-state index contributed by atoms with van der Waals surface area (Å²) >= 11 is 0. The minimum absolute atomic E-state index is 0.0334. The van der Waals surface area contributed by atoms with Gasteiger partial charge in [0.15, 0.2) is 11.5 Å². The predicted octanol–water partition coefficient (Wildman–Crippen LogP) is 1.91. The Morgan fingerprint density at radius 2 is 1.83 bits per heavy atom. The maximum Gasteiger partial charge on any atom is 0.345 e. The van der Waals surface area contributed by atoms with Crippen molar-refractivity contribution in [1.82, 2.24) is 4.31 Å². The Hall–Kier alpha value is -3.53. The number of carbonyl (C=O) groups is 1. The number of nitrogens with zero attached hydrogens (tertiary/aromatic N) is 2. The average molecular weight is 417 g/mol. The van der Waals surface area contributed by atoms with E-state index >= 15 is 0 Å². The molecule has 10 heteroatoms. The third kappa shape index (κ3) is 4.16. The van der Waals surface area contributed by atoms with Crippen LogP contribution in [0.4, 0.5) is 5.69 Å². The largest absolute Gasteiger partial charge is 0.508 e. The number of rotatable bonds is 5. The maximum atomic E-state index is 12.7. The number of allylic oxidation sites excluding steroid dienone is 1. The fourth-order valence-corrected chi connectivity index (χ4v) is 3.59. The second-order valence-electron chi connectivity index (χ2n) is 6.03. The molecule has 1 heterocycles. The summed E-state index contributed by atoms with van der Waals surface area (Å²) < 4.78 is 40.0. The molecule has 152 valence electrons. The number of amides is 1. The van der Waals surface area contributed by atoms with Crippen LogP contribution >= 0.6 is 0 Å². The predicted molar refractivity (Wildman–Crippen MR) is 108 cm³/mol. The van der Waals surface area contributed by atoms with Crippen molar-refractivity contribution >= 4 is 27.5 Å². The minimum Gasteiger partial charge on any atom is -0.508 e. The van der Waals surface area contributed by atoms with Crippen LogP contribution in [-0.2, 0) is 15.0 Å². The maximum absolute atomic E-state index is 12.7. The van der Waals surface area contributed by atoms with Crippen LogP contribution in [0.2, 0.25) is 0 Å². The molecule has 9 nitrogen and oxygen atoms in total. The van der Waals surface area contributed by atoms with Gasteiger partial charge < -0.3 is 19.9 Å². The Balaban J connectivity index is 2.00. The lowest BCUT2D eigenvalue weighted by Crippen LogP contribution is -2.35. The number of benzene rings is 2. The summed E-state index contributed by atoms with van der Waals surface area (Å²) in [4.78, 5) is 12.7. The monoisotopic (exact) mass is 417 g/mol. The number of hydrogen-bond acceptors (Lipinski definition) is 6. The fraction of sp³-hybridized carbons (Fsp3) is 0.158.